The van der Waals surface area contributed by atoms with E-state index in [2.05, 4.69) is 25.0 Å². The Morgan fingerprint density at radius 1 is 1.16 bits per heavy atom. The molecular formula is C23H29F3N8O2S. The fourth-order valence-corrected chi connectivity index (χ4v) is 4.93. The zero-order valence-corrected chi connectivity index (χ0v) is 22.1. The quantitative estimate of drug-likeness (QED) is 0.469. The predicted molar refractivity (Wildman–Crippen MR) is 131 cm³/mol. The molecule has 37 heavy (non-hydrogen) atoms. The fraction of sp³-hybridized carbons (Fsp3) is 0.565. The maximum Gasteiger partial charge on any atom is 0.443 e. The molecule has 4 rings (SSSR count). The SMILES string of the molecule is CCOc1ncc(-c2nc(C(F)(F)F)sc2N2CCN(C(=O)Cn3cnc(C(C)(C)C)n3)C(C)C2)cn1. The van der Waals surface area contributed by atoms with Crippen molar-refractivity contribution in [1.29, 1.82) is 0 Å². The fourth-order valence-electron chi connectivity index (χ4n) is 3.93. The number of carbonyl (C=O) groups excluding carboxylic acids is 1. The molecule has 1 saturated heterocycles. The van der Waals surface area contributed by atoms with E-state index >= 15 is 0 Å². The van der Waals surface area contributed by atoms with Gasteiger partial charge in [-0.1, -0.05) is 32.1 Å². The van der Waals surface area contributed by atoms with Gasteiger partial charge in [0.25, 0.3) is 0 Å². The van der Waals surface area contributed by atoms with E-state index in [1.165, 1.54) is 17.1 Å². The summed E-state index contributed by atoms with van der Waals surface area (Å²) in [6.45, 7) is 11.1. The normalized spacial score (nSPS) is 16.8. The van der Waals surface area contributed by atoms with Crippen molar-refractivity contribution in [3.8, 4) is 17.3 Å². The minimum atomic E-state index is -4.59. The van der Waals surface area contributed by atoms with Crippen molar-refractivity contribution in [3.05, 3.63) is 29.6 Å². The predicted octanol–water partition coefficient (Wildman–Crippen LogP) is 3.64. The maximum atomic E-state index is 13.6. The van der Waals surface area contributed by atoms with Crippen molar-refractivity contribution < 1.29 is 22.7 Å². The largest absolute Gasteiger partial charge is 0.464 e. The third-order valence-electron chi connectivity index (χ3n) is 5.77. The average Bonchev–Trinajstić information content (AvgIpc) is 3.47. The van der Waals surface area contributed by atoms with Crippen LogP contribution < -0.4 is 9.64 Å². The Morgan fingerprint density at radius 2 is 1.86 bits per heavy atom. The summed E-state index contributed by atoms with van der Waals surface area (Å²) in [5.74, 6) is 0.521. The number of thiazole rings is 1. The summed E-state index contributed by atoms with van der Waals surface area (Å²) in [4.78, 5) is 32.9. The number of carbonyl (C=O) groups is 1. The molecule has 10 nitrogen and oxygen atoms in total. The molecule has 1 atom stereocenters. The van der Waals surface area contributed by atoms with Crippen LogP contribution in [0.15, 0.2) is 18.7 Å². The van der Waals surface area contributed by atoms with E-state index in [4.69, 9.17) is 4.74 Å². The molecule has 0 saturated carbocycles. The summed E-state index contributed by atoms with van der Waals surface area (Å²) in [5.41, 5.74) is 0.283. The molecule has 1 aliphatic rings. The highest BCUT2D eigenvalue weighted by atomic mass is 32.1. The van der Waals surface area contributed by atoms with Crippen molar-refractivity contribution in [2.75, 3.05) is 31.1 Å². The van der Waals surface area contributed by atoms with Gasteiger partial charge in [-0.2, -0.15) is 18.3 Å². The molecule has 1 amide bonds. The molecule has 1 unspecified atom stereocenters. The van der Waals surface area contributed by atoms with Gasteiger partial charge in [0.15, 0.2) is 5.82 Å². The van der Waals surface area contributed by atoms with Crippen LogP contribution in [0.5, 0.6) is 6.01 Å². The van der Waals surface area contributed by atoms with Gasteiger partial charge in [0.05, 0.1) is 6.61 Å². The van der Waals surface area contributed by atoms with Crippen molar-refractivity contribution in [2.45, 2.75) is 58.8 Å². The summed E-state index contributed by atoms with van der Waals surface area (Å²) < 4.78 is 47.5. The Morgan fingerprint density at radius 3 is 2.43 bits per heavy atom. The van der Waals surface area contributed by atoms with E-state index in [0.29, 0.717) is 54.0 Å². The van der Waals surface area contributed by atoms with E-state index in [0.717, 1.165) is 0 Å². The van der Waals surface area contributed by atoms with Crippen LogP contribution in [0.25, 0.3) is 11.3 Å². The van der Waals surface area contributed by atoms with E-state index in [9.17, 15) is 18.0 Å². The lowest BCUT2D eigenvalue weighted by atomic mass is 9.96. The highest BCUT2D eigenvalue weighted by Gasteiger charge is 2.38. The first-order valence-electron chi connectivity index (χ1n) is 11.8. The number of aromatic nitrogens is 6. The second kappa shape index (κ2) is 10.2. The van der Waals surface area contributed by atoms with Crippen molar-refractivity contribution in [2.24, 2.45) is 0 Å². The van der Waals surface area contributed by atoms with Crippen LogP contribution in [0.4, 0.5) is 18.2 Å². The molecule has 14 heteroatoms. The average molecular weight is 539 g/mol. The molecule has 1 fully saturated rings. The van der Waals surface area contributed by atoms with Gasteiger partial charge in [0, 0.05) is 49.0 Å². The molecule has 0 N–H and O–H groups in total. The van der Waals surface area contributed by atoms with Crippen LogP contribution in [0.2, 0.25) is 0 Å². The number of hydrogen-bond acceptors (Lipinski definition) is 9. The summed E-state index contributed by atoms with van der Waals surface area (Å²) in [6.07, 6.45) is -0.231. The number of piperazine rings is 1. The maximum absolute atomic E-state index is 13.6. The van der Waals surface area contributed by atoms with Gasteiger partial charge >= 0.3 is 12.2 Å². The molecule has 3 aromatic heterocycles. The van der Waals surface area contributed by atoms with Crippen LogP contribution >= 0.6 is 11.3 Å². The van der Waals surface area contributed by atoms with Crippen molar-refractivity contribution >= 4 is 22.2 Å². The number of alkyl halides is 3. The lowest BCUT2D eigenvalue weighted by molar-refractivity contribution is -0.137. The third kappa shape index (κ3) is 6.00. The zero-order valence-electron chi connectivity index (χ0n) is 21.3. The minimum Gasteiger partial charge on any atom is -0.464 e. The van der Waals surface area contributed by atoms with E-state index in [1.807, 2.05) is 32.6 Å². The summed E-state index contributed by atoms with van der Waals surface area (Å²) in [6, 6.07) is -0.102. The molecule has 0 aliphatic carbocycles. The van der Waals surface area contributed by atoms with Crippen LogP contribution in [0, 0.1) is 0 Å². The number of nitrogens with zero attached hydrogens (tertiary/aromatic N) is 8. The zero-order chi connectivity index (χ0) is 27.0. The van der Waals surface area contributed by atoms with Crippen LogP contribution in [-0.2, 0) is 22.9 Å². The lowest BCUT2D eigenvalue weighted by Gasteiger charge is -2.40. The van der Waals surface area contributed by atoms with Gasteiger partial charge in [0.2, 0.25) is 10.9 Å². The number of amides is 1. The topological polar surface area (TPSA) is 102 Å². The molecule has 0 radical (unpaired) electrons. The third-order valence-corrected chi connectivity index (χ3v) is 6.93. The molecule has 0 spiro atoms. The number of halogens is 3. The van der Waals surface area contributed by atoms with Gasteiger partial charge in [-0.05, 0) is 13.8 Å². The number of ether oxygens (including phenoxy) is 1. The first-order valence-corrected chi connectivity index (χ1v) is 12.7. The lowest BCUT2D eigenvalue weighted by Crippen LogP contribution is -2.54. The molecular weight excluding hydrogens is 509 g/mol. The first kappa shape index (κ1) is 26.8. The summed E-state index contributed by atoms with van der Waals surface area (Å²) >= 11 is 0.579. The van der Waals surface area contributed by atoms with Crippen LogP contribution in [-0.4, -0.2) is 72.8 Å². The number of rotatable bonds is 6. The molecule has 4 heterocycles. The van der Waals surface area contributed by atoms with E-state index in [-0.39, 0.29) is 35.6 Å². The highest BCUT2D eigenvalue weighted by Crippen LogP contribution is 2.43. The Bertz CT molecular complexity index is 1240. The summed E-state index contributed by atoms with van der Waals surface area (Å²) in [7, 11) is 0. The van der Waals surface area contributed by atoms with E-state index < -0.39 is 11.2 Å². The molecule has 0 aromatic carbocycles. The van der Waals surface area contributed by atoms with Gasteiger partial charge in [-0.25, -0.2) is 24.6 Å². The Hall–Kier alpha value is -3.29. The second-order valence-corrected chi connectivity index (χ2v) is 10.7. The molecule has 1 aliphatic heterocycles. The second-order valence-electron chi connectivity index (χ2n) is 9.76. The first-order chi connectivity index (χ1) is 17.4. The molecule has 3 aromatic rings. The standard InChI is InChI=1S/C23H29F3N8O2S/c1-6-36-21-27-9-15(10-28-21)17-18(37-20(30-17)23(24,25)26)32-7-8-34(14(2)11-32)16(35)12-33-13-29-19(31-33)22(3,4)5/h9-10,13-14H,6-8,11-12H2,1-5H3. The molecule has 200 valence electrons. The van der Waals surface area contributed by atoms with Crippen molar-refractivity contribution in [1.82, 2.24) is 34.6 Å². The smallest absolute Gasteiger partial charge is 0.443 e. The monoisotopic (exact) mass is 538 g/mol. The van der Waals surface area contributed by atoms with Gasteiger partial charge < -0.3 is 14.5 Å². The van der Waals surface area contributed by atoms with Gasteiger partial charge in [-0.15, -0.1) is 0 Å². The minimum absolute atomic E-state index is 0.0426. The number of hydrogen-bond donors (Lipinski definition) is 0. The number of anilines is 1. The Balaban J connectivity index is 1.52. The van der Waals surface area contributed by atoms with E-state index in [1.54, 1.807) is 18.2 Å². The summed E-state index contributed by atoms with van der Waals surface area (Å²) in [5, 5.41) is 3.83. The Labute approximate surface area is 216 Å². The van der Waals surface area contributed by atoms with Crippen LogP contribution in [0.3, 0.4) is 0 Å². The van der Waals surface area contributed by atoms with Gasteiger partial charge in [0.1, 0.15) is 23.6 Å². The highest BCUT2D eigenvalue weighted by molar-refractivity contribution is 7.16. The molecule has 0 bridgehead atoms. The Kier molecular flexibility index (Phi) is 7.40. The van der Waals surface area contributed by atoms with Crippen molar-refractivity contribution in [3.63, 3.8) is 0 Å². The van der Waals surface area contributed by atoms with Crippen LogP contribution in [0.1, 0.15) is 45.5 Å². The van der Waals surface area contributed by atoms with Gasteiger partial charge in [-0.3, -0.25) is 4.79 Å².